The molecule has 2 aromatic carbocycles. The topological polar surface area (TPSA) is 104 Å². The van der Waals surface area contributed by atoms with Crippen molar-refractivity contribution in [2.75, 3.05) is 6.54 Å². The summed E-state index contributed by atoms with van der Waals surface area (Å²) >= 11 is 0. The van der Waals surface area contributed by atoms with Gasteiger partial charge in [-0.05, 0) is 24.6 Å². The molecule has 0 aromatic heterocycles. The summed E-state index contributed by atoms with van der Waals surface area (Å²) < 4.78 is 0. The normalized spacial score (nSPS) is 11.7. The van der Waals surface area contributed by atoms with Gasteiger partial charge in [-0.2, -0.15) is 0 Å². The smallest absolute Gasteiger partial charge is 0.251 e. The average molecular weight is 446 g/mol. The summed E-state index contributed by atoms with van der Waals surface area (Å²) in [5.74, 6) is -1.34. The summed E-state index contributed by atoms with van der Waals surface area (Å²) in [6, 6.07) is 16.1. The highest BCUT2D eigenvalue weighted by Crippen LogP contribution is 2.06. The van der Waals surface area contributed by atoms with Crippen molar-refractivity contribution in [3.63, 3.8) is 0 Å². The van der Waals surface area contributed by atoms with E-state index in [4.69, 9.17) is 0 Å². The first-order valence-corrected chi connectivity index (χ1v) is 10.8. The zero-order valence-corrected chi connectivity index (χ0v) is 19.0. The van der Waals surface area contributed by atoms with E-state index in [1.165, 1.54) is 19.8 Å². The number of aldehydes is 1. The fraction of sp³-hybridized carbons (Fsp3) is 0.360. The van der Waals surface area contributed by atoms with Gasteiger partial charge in [-0.3, -0.25) is 14.4 Å². The number of carbonyl (C=O) groups excluding carboxylic acids is 4. The molecule has 2 aromatic rings. The summed E-state index contributed by atoms with van der Waals surface area (Å²) in [6.07, 6.45) is 3.47. The lowest BCUT2D eigenvalue weighted by molar-refractivity contribution is -0.129. The predicted octanol–water partition coefficient (Wildman–Crippen LogP) is 3.39. The van der Waals surface area contributed by atoms with Gasteiger partial charge in [-0.25, -0.2) is 0 Å². The largest absolute Gasteiger partial charge is 0.348 e. The third-order valence-electron chi connectivity index (χ3n) is 4.55. The maximum atomic E-state index is 12.7. The van der Waals surface area contributed by atoms with Gasteiger partial charge in [0, 0.05) is 16.3 Å². The van der Waals surface area contributed by atoms with E-state index >= 15 is 0 Å². The van der Waals surface area contributed by atoms with Crippen LogP contribution in [0.25, 0.3) is 0 Å². The third kappa shape index (κ3) is 10.0. The Morgan fingerprint density at radius 1 is 0.875 bits per heavy atom. The highest BCUT2D eigenvalue weighted by molar-refractivity contribution is 5.98. The molecule has 0 radical (unpaired) electrons. The number of rotatable bonds is 10. The molecule has 0 bridgehead atoms. The summed E-state index contributed by atoms with van der Waals surface area (Å²) in [4.78, 5) is 47.5. The number of hydrogen-bond donors (Lipinski definition) is 3. The molecule has 0 unspecified atom stereocenters. The van der Waals surface area contributed by atoms with Crippen LogP contribution in [0, 0.1) is 0 Å². The van der Waals surface area contributed by atoms with Crippen molar-refractivity contribution in [3.05, 3.63) is 71.8 Å². The van der Waals surface area contributed by atoms with E-state index in [0.717, 1.165) is 5.56 Å². The van der Waals surface area contributed by atoms with E-state index < -0.39 is 23.9 Å². The molecule has 0 aliphatic heterocycles. The van der Waals surface area contributed by atoms with Crippen molar-refractivity contribution in [3.8, 4) is 0 Å². The molecule has 3 amide bonds. The van der Waals surface area contributed by atoms with Crippen LogP contribution in [0.1, 0.15) is 53.8 Å². The van der Waals surface area contributed by atoms with Crippen LogP contribution in [-0.4, -0.2) is 42.6 Å². The molecule has 0 spiro atoms. The van der Waals surface area contributed by atoms with Crippen LogP contribution in [0.2, 0.25) is 0 Å². The second-order valence-electron chi connectivity index (χ2n) is 7.22. The van der Waals surface area contributed by atoms with E-state index in [9.17, 15) is 19.2 Å². The quantitative estimate of drug-likeness (QED) is 0.488. The zero-order valence-electron chi connectivity index (χ0n) is 19.0. The van der Waals surface area contributed by atoms with Gasteiger partial charge in [0.05, 0.1) is 6.54 Å². The Labute approximate surface area is 194 Å². The Hall–Kier alpha value is -3.48. The maximum absolute atomic E-state index is 12.7. The van der Waals surface area contributed by atoms with Crippen LogP contribution in [-0.2, 0) is 20.8 Å². The van der Waals surface area contributed by atoms with Gasteiger partial charge in [0.2, 0.25) is 11.8 Å². The number of carbonyl (C=O) groups is 4. The number of nitrogens with one attached hydrogen (secondary N) is 3. The van der Waals surface area contributed by atoms with Crippen LogP contribution >= 0.6 is 0 Å². The predicted molar refractivity (Wildman–Crippen MR) is 131 cm³/mol. The molecular formula is C25H39N3O4. The van der Waals surface area contributed by atoms with E-state index in [2.05, 4.69) is 29.8 Å². The first-order chi connectivity index (χ1) is 15.4. The molecule has 7 nitrogen and oxygen atoms in total. The minimum Gasteiger partial charge on any atom is -0.348 e. The van der Waals surface area contributed by atoms with Crippen LogP contribution in [0.3, 0.4) is 0 Å². The molecule has 178 valence electrons. The van der Waals surface area contributed by atoms with Crippen molar-refractivity contribution < 1.29 is 23.5 Å². The molecule has 0 aliphatic carbocycles. The standard InChI is InChI=1S/C21H23N3O4.C4H10.3H2/c1-15(19(26)22-12-13-25)23-21(28)18(14-16-8-4-2-5-9-16)24-20(27)17-10-6-3-7-11-17;1-3-4-2;;;/h2-11,13,15,18H,12,14H2,1H3,(H,22,26)(H,23,28)(H,24,27);3-4H2,1-2H3;3*1H/t15-,18-;;;;/m0..../s1. The van der Waals surface area contributed by atoms with Crippen molar-refractivity contribution in [1.82, 2.24) is 16.0 Å². The lowest BCUT2D eigenvalue weighted by Crippen LogP contribution is -2.53. The molecule has 0 fully saturated rings. The van der Waals surface area contributed by atoms with Crippen molar-refractivity contribution in [1.29, 1.82) is 0 Å². The van der Waals surface area contributed by atoms with Gasteiger partial charge in [0.1, 0.15) is 18.4 Å². The fourth-order valence-electron chi connectivity index (χ4n) is 2.57. The third-order valence-corrected chi connectivity index (χ3v) is 4.55. The Kier molecular flexibility index (Phi) is 12.7. The lowest BCUT2D eigenvalue weighted by atomic mass is 10.0. The maximum Gasteiger partial charge on any atom is 0.251 e. The van der Waals surface area contributed by atoms with Crippen LogP contribution in [0.5, 0.6) is 0 Å². The molecule has 0 saturated heterocycles. The number of unbranched alkanes of at least 4 members (excludes halogenated alkanes) is 1. The van der Waals surface area contributed by atoms with E-state index in [1.807, 2.05) is 30.3 Å². The number of hydrogen-bond acceptors (Lipinski definition) is 4. The minimum absolute atomic E-state index is 0. The van der Waals surface area contributed by atoms with Gasteiger partial charge >= 0.3 is 0 Å². The fourth-order valence-corrected chi connectivity index (χ4v) is 2.57. The van der Waals surface area contributed by atoms with Crippen LogP contribution < -0.4 is 16.0 Å². The Balaban J connectivity index is -0.00000136. The van der Waals surface area contributed by atoms with Crippen molar-refractivity contribution in [2.24, 2.45) is 0 Å². The van der Waals surface area contributed by atoms with E-state index in [1.54, 1.807) is 30.3 Å². The summed E-state index contributed by atoms with van der Waals surface area (Å²) in [5.41, 5.74) is 1.30. The van der Waals surface area contributed by atoms with Crippen LogP contribution in [0.15, 0.2) is 60.7 Å². The monoisotopic (exact) mass is 445 g/mol. The van der Waals surface area contributed by atoms with Crippen molar-refractivity contribution in [2.45, 2.75) is 52.1 Å². The molecule has 0 aliphatic rings. The molecule has 3 N–H and O–H groups in total. The van der Waals surface area contributed by atoms with Gasteiger partial charge in [-0.1, -0.05) is 75.2 Å². The number of amides is 3. The summed E-state index contributed by atoms with van der Waals surface area (Å²) in [5, 5.41) is 7.70. The highest BCUT2D eigenvalue weighted by atomic mass is 16.2. The van der Waals surface area contributed by atoms with E-state index in [0.29, 0.717) is 11.8 Å². The molecule has 2 rings (SSSR count). The zero-order chi connectivity index (χ0) is 23.8. The first kappa shape index (κ1) is 26.6. The molecule has 0 saturated carbocycles. The van der Waals surface area contributed by atoms with Gasteiger partial charge < -0.3 is 20.7 Å². The second kappa shape index (κ2) is 15.3. The first-order valence-electron chi connectivity index (χ1n) is 10.8. The van der Waals surface area contributed by atoms with Gasteiger partial charge in [0.25, 0.3) is 5.91 Å². The molecule has 7 heteroatoms. The molecule has 32 heavy (non-hydrogen) atoms. The SMILES string of the molecule is CCCC.C[C@H](NC(=O)[C@H](Cc1ccccc1)NC(=O)c1ccccc1)C(=O)NCC=O.[HH].[HH].[HH]. The Bertz CT molecular complexity index is 854. The highest BCUT2D eigenvalue weighted by Gasteiger charge is 2.25. The average Bonchev–Trinajstić information content (AvgIpc) is 2.83. The lowest BCUT2D eigenvalue weighted by Gasteiger charge is -2.21. The van der Waals surface area contributed by atoms with Crippen molar-refractivity contribution >= 4 is 24.0 Å². The minimum atomic E-state index is -0.864. The van der Waals surface area contributed by atoms with E-state index in [-0.39, 0.29) is 23.2 Å². The van der Waals surface area contributed by atoms with Gasteiger partial charge in [-0.15, -0.1) is 0 Å². The Morgan fingerprint density at radius 2 is 1.44 bits per heavy atom. The molecule has 0 heterocycles. The second-order valence-corrected chi connectivity index (χ2v) is 7.22. The van der Waals surface area contributed by atoms with Gasteiger partial charge in [0.15, 0.2) is 0 Å². The molecule has 2 atom stereocenters. The Morgan fingerprint density at radius 3 is 1.97 bits per heavy atom. The number of benzene rings is 2. The molecular weight excluding hydrogens is 406 g/mol. The summed E-state index contributed by atoms with van der Waals surface area (Å²) in [6.45, 7) is 5.74. The summed E-state index contributed by atoms with van der Waals surface area (Å²) in [7, 11) is 0. The van der Waals surface area contributed by atoms with Crippen LogP contribution in [0.4, 0.5) is 0 Å².